The molecule has 2 aromatic carbocycles. The molecule has 0 unspecified atom stereocenters. The van der Waals surface area contributed by atoms with Gasteiger partial charge in [-0.05, 0) is 48.4 Å². The first-order valence-corrected chi connectivity index (χ1v) is 9.82. The molecule has 0 saturated heterocycles. The van der Waals surface area contributed by atoms with Crippen LogP contribution in [0.5, 0.6) is 0 Å². The van der Waals surface area contributed by atoms with Crippen LogP contribution in [0.15, 0.2) is 79.1 Å². The van der Waals surface area contributed by atoms with Gasteiger partial charge in [-0.1, -0.05) is 30.3 Å². The van der Waals surface area contributed by atoms with Crippen LogP contribution >= 0.6 is 0 Å². The zero-order chi connectivity index (χ0) is 22.2. The summed E-state index contributed by atoms with van der Waals surface area (Å²) in [5, 5.41) is 23.9. The molecule has 0 aliphatic carbocycles. The van der Waals surface area contributed by atoms with Crippen molar-refractivity contribution in [1.29, 1.82) is 0 Å². The predicted molar refractivity (Wildman–Crippen MR) is 118 cm³/mol. The number of nitrogens with zero attached hydrogens (tertiary/aromatic N) is 3. The topological polar surface area (TPSA) is 109 Å². The molecular formula is C23H24N4O4. The summed E-state index contributed by atoms with van der Waals surface area (Å²) < 4.78 is 0. The Labute approximate surface area is 180 Å². The Morgan fingerprint density at radius 3 is 2.29 bits per heavy atom. The molecule has 0 fully saturated rings. The van der Waals surface area contributed by atoms with Crippen molar-refractivity contribution in [2.24, 2.45) is 0 Å². The summed E-state index contributed by atoms with van der Waals surface area (Å²) in [5.74, 6) is -0.401. The molecule has 2 N–H and O–H groups in total. The molecule has 1 heterocycles. The minimum atomic E-state index is -1.31. The summed E-state index contributed by atoms with van der Waals surface area (Å²) in [7, 11) is 1.91. The molecule has 31 heavy (non-hydrogen) atoms. The van der Waals surface area contributed by atoms with Gasteiger partial charge in [-0.2, -0.15) is 0 Å². The first-order valence-electron chi connectivity index (χ1n) is 9.82. The third-order valence-corrected chi connectivity index (χ3v) is 4.98. The highest BCUT2D eigenvalue weighted by Crippen LogP contribution is 2.23. The summed E-state index contributed by atoms with van der Waals surface area (Å²) in [6.45, 7) is -0.645. The van der Waals surface area contributed by atoms with E-state index in [2.05, 4.69) is 10.3 Å². The first-order chi connectivity index (χ1) is 14.9. The number of nitrogens with one attached hydrogen (secondary N) is 1. The van der Waals surface area contributed by atoms with Crippen LogP contribution in [0.3, 0.4) is 0 Å². The zero-order valence-electron chi connectivity index (χ0n) is 17.1. The van der Waals surface area contributed by atoms with Crippen LogP contribution in [0.2, 0.25) is 0 Å². The molecular weight excluding hydrogens is 396 g/mol. The van der Waals surface area contributed by atoms with Gasteiger partial charge >= 0.3 is 0 Å². The zero-order valence-corrected chi connectivity index (χ0v) is 17.1. The van der Waals surface area contributed by atoms with Crippen LogP contribution in [0.1, 0.15) is 15.9 Å². The van der Waals surface area contributed by atoms with E-state index in [1.54, 1.807) is 24.5 Å². The average Bonchev–Trinajstić information content (AvgIpc) is 2.79. The first kappa shape index (κ1) is 21.9. The number of carbonyl (C=O) groups excluding carboxylic acids is 1. The smallest absolute Gasteiger partial charge is 0.251 e. The van der Waals surface area contributed by atoms with Crippen molar-refractivity contribution in [3.05, 3.63) is 100 Å². The minimum absolute atomic E-state index is 0.282. The van der Waals surface area contributed by atoms with Crippen molar-refractivity contribution in [2.75, 3.05) is 18.5 Å². The Hall–Kier alpha value is -3.78. The number of anilines is 2. The molecule has 8 heteroatoms. The van der Waals surface area contributed by atoms with E-state index in [1.807, 2.05) is 66.5 Å². The van der Waals surface area contributed by atoms with Crippen LogP contribution in [0, 0.1) is 10.1 Å². The van der Waals surface area contributed by atoms with Crippen molar-refractivity contribution in [2.45, 2.75) is 18.6 Å². The van der Waals surface area contributed by atoms with Crippen molar-refractivity contribution >= 4 is 17.3 Å². The van der Waals surface area contributed by atoms with Gasteiger partial charge in [-0.3, -0.25) is 19.9 Å². The van der Waals surface area contributed by atoms with Gasteiger partial charge in [-0.15, -0.1) is 0 Å². The number of benzene rings is 2. The molecule has 160 valence electrons. The Bertz CT molecular complexity index is 997. The molecule has 0 aliphatic rings. The second-order valence-electron chi connectivity index (χ2n) is 7.16. The maximum atomic E-state index is 12.8. The lowest BCUT2D eigenvalue weighted by Gasteiger charge is -2.23. The second-order valence-corrected chi connectivity index (χ2v) is 7.16. The van der Waals surface area contributed by atoms with Crippen molar-refractivity contribution in [3.63, 3.8) is 0 Å². The fourth-order valence-corrected chi connectivity index (χ4v) is 3.24. The van der Waals surface area contributed by atoms with E-state index in [4.69, 9.17) is 0 Å². The Kier molecular flexibility index (Phi) is 7.29. The summed E-state index contributed by atoms with van der Waals surface area (Å²) in [5.41, 5.74) is 3.11. The van der Waals surface area contributed by atoms with Gasteiger partial charge in [0.2, 0.25) is 6.54 Å². The number of aliphatic hydroxyl groups is 1. The maximum Gasteiger partial charge on any atom is 0.251 e. The standard InChI is InChI=1S/C23H24N4O4/c1-26(20-11-13-24-14-12-20)19-9-7-18(8-10-19)23(29)25-21(22(28)16-27(30)31)15-17-5-3-2-4-6-17/h2-14,21-22,28H,15-16H2,1H3,(H,25,29)/t21-,22+/m0/s1. The van der Waals surface area contributed by atoms with E-state index in [-0.39, 0.29) is 6.42 Å². The van der Waals surface area contributed by atoms with E-state index >= 15 is 0 Å². The molecule has 0 bridgehead atoms. The van der Waals surface area contributed by atoms with E-state index in [9.17, 15) is 20.0 Å². The molecule has 0 aliphatic heterocycles. The lowest BCUT2D eigenvalue weighted by atomic mass is 10.0. The van der Waals surface area contributed by atoms with Gasteiger partial charge in [0.05, 0.1) is 6.04 Å². The maximum absolute atomic E-state index is 12.8. The van der Waals surface area contributed by atoms with Crippen LogP contribution in [-0.2, 0) is 6.42 Å². The normalized spacial score (nSPS) is 12.6. The van der Waals surface area contributed by atoms with Gasteiger partial charge in [0, 0.05) is 41.3 Å². The Balaban J connectivity index is 1.72. The quantitative estimate of drug-likeness (QED) is 0.407. The van der Waals surface area contributed by atoms with Crippen molar-refractivity contribution in [1.82, 2.24) is 10.3 Å². The number of hydrogen-bond acceptors (Lipinski definition) is 6. The average molecular weight is 420 g/mol. The van der Waals surface area contributed by atoms with Crippen molar-refractivity contribution in [3.8, 4) is 0 Å². The second kappa shape index (κ2) is 10.3. The Morgan fingerprint density at radius 1 is 1.06 bits per heavy atom. The highest BCUT2D eigenvalue weighted by Gasteiger charge is 2.26. The van der Waals surface area contributed by atoms with Gasteiger partial charge in [0.15, 0.2) is 0 Å². The summed E-state index contributed by atoms with van der Waals surface area (Å²) in [4.78, 5) is 29.0. The number of aromatic nitrogens is 1. The highest BCUT2D eigenvalue weighted by atomic mass is 16.6. The molecule has 0 saturated carbocycles. The molecule has 3 rings (SSSR count). The summed E-state index contributed by atoms with van der Waals surface area (Å²) >= 11 is 0. The number of rotatable bonds is 9. The van der Waals surface area contributed by atoms with Crippen molar-refractivity contribution < 1.29 is 14.8 Å². The predicted octanol–water partition coefficient (Wildman–Crippen LogP) is 2.83. The van der Waals surface area contributed by atoms with Crippen LogP contribution in [0.25, 0.3) is 0 Å². The highest BCUT2D eigenvalue weighted by molar-refractivity contribution is 5.94. The summed E-state index contributed by atoms with van der Waals surface area (Å²) in [6, 6.07) is 19.2. The molecule has 1 amide bonds. The fraction of sp³-hybridized carbons (Fsp3) is 0.217. The number of aliphatic hydroxyl groups excluding tert-OH is 1. The van der Waals surface area contributed by atoms with E-state index < -0.39 is 29.5 Å². The minimum Gasteiger partial charge on any atom is -0.384 e. The van der Waals surface area contributed by atoms with Crippen LogP contribution in [0.4, 0.5) is 11.4 Å². The van der Waals surface area contributed by atoms with Crippen LogP contribution < -0.4 is 10.2 Å². The lowest BCUT2D eigenvalue weighted by molar-refractivity contribution is -0.491. The molecule has 0 radical (unpaired) electrons. The lowest BCUT2D eigenvalue weighted by Crippen LogP contribution is -2.47. The fourth-order valence-electron chi connectivity index (χ4n) is 3.24. The van der Waals surface area contributed by atoms with Gasteiger partial charge in [0.25, 0.3) is 5.91 Å². The Morgan fingerprint density at radius 2 is 1.68 bits per heavy atom. The van der Waals surface area contributed by atoms with Gasteiger partial charge < -0.3 is 15.3 Å². The van der Waals surface area contributed by atoms with Gasteiger partial charge in [0.1, 0.15) is 6.10 Å². The third kappa shape index (κ3) is 6.10. The number of hydrogen-bond donors (Lipinski definition) is 2. The molecule has 8 nitrogen and oxygen atoms in total. The van der Waals surface area contributed by atoms with E-state index in [0.29, 0.717) is 5.56 Å². The van der Waals surface area contributed by atoms with Crippen LogP contribution in [-0.4, -0.2) is 46.7 Å². The van der Waals surface area contributed by atoms with Gasteiger partial charge in [-0.25, -0.2) is 0 Å². The largest absolute Gasteiger partial charge is 0.384 e. The SMILES string of the molecule is CN(c1ccncc1)c1ccc(C(=O)N[C@@H](Cc2ccccc2)[C@H](O)C[N+](=O)[O-])cc1. The summed E-state index contributed by atoms with van der Waals surface area (Å²) in [6.07, 6.45) is 2.38. The molecule has 1 aromatic heterocycles. The number of pyridine rings is 1. The molecule has 3 aromatic rings. The molecule has 0 spiro atoms. The number of carbonyl (C=O) groups is 1. The van der Waals surface area contributed by atoms with E-state index in [0.717, 1.165) is 16.9 Å². The monoisotopic (exact) mass is 420 g/mol. The number of nitro groups is 1. The molecule has 2 atom stereocenters. The number of amides is 1. The van der Waals surface area contributed by atoms with E-state index in [1.165, 1.54) is 0 Å². The third-order valence-electron chi connectivity index (χ3n) is 4.98.